The summed E-state index contributed by atoms with van der Waals surface area (Å²) in [5.41, 5.74) is 1.38. The fourth-order valence-corrected chi connectivity index (χ4v) is 4.34. The SMILES string of the molecule is O=[N+]([O-])c1cc(F)ccc1Nc1cccc(CS(=O)C2CCOCC2)c1. The molecule has 2 aromatic rings. The summed E-state index contributed by atoms with van der Waals surface area (Å²) in [5, 5.41) is 14.2. The van der Waals surface area contributed by atoms with Gasteiger partial charge in [-0.15, -0.1) is 0 Å². The highest BCUT2D eigenvalue weighted by molar-refractivity contribution is 7.84. The van der Waals surface area contributed by atoms with Crippen molar-refractivity contribution >= 4 is 27.9 Å². The van der Waals surface area contributed by atoms with E-state index in [4.69, 9.17) is 4.74 Å². The van der Waals surface area contributed by atoms with Gasteiger partial charge in [-0.05, 0) is 42.7 Å². The van der Waals surface area contributed by atoms with Gasteiger partial charge in [0.25, 0.3) is 5.69 Å². The first-order valence-electron chi connectivity index (χ1n) is 8.28. The van der Waals surface area contributed by atoms with Gasteiger partial charge in [-0.25, -0.2) is 4.39 Å². The molecule has 138 valence electrons. The Bertz CT molecular complexity index is 825. The molecule has 8 heteroatoms. The summed E-state index contributed by atoms with van der Waals surface area (Å²) in [5.74, 6) is -0.242. The second kappa shape index (κ2) is 8.37. The number of hydrogen-bond donors (Lipinski definition) is 1. The van der Waals surface area contributed by atoms with Gasteiger partial charge in [0.05, 0.1) is 11.0 Å². The van der Waals surface area contributed by atoms with Crippen LogP contribution in [0.4, 0.5) is 21.5 Å². The van der Waals surface area contributed by atoms with Crippen molar-refractivity contribution in [1.82, 2.24) is 0 Å². The molecule has 1 fully saturated rings. The van der Waals surface area contributed by atoms with Crippen LogP contribution in [0.1, 0.15) is 18.4 Å². The van der Waals surface area contributed by atoms with Crippen molar-refractivity contribution in [1.29, 1.82) is 0 Å². The second-order valence-corrected chi connectivity index (χ2v) is 7.80. The summed E-state index contributed by atoms with van der Waals surface area (Å²) in [6, 6.07) is 10.6. The van der Waals surface area contributed by atoms with Crippen LogP contribution in [0.5, 0.6) is 0 Å². The van der Waals surface area contributed by atoms with Crippen LogP contribution < -0.4 is 5.32 Å². The van der Waals surface area contributed by atoms with Crippen molar-refractivity contribution in [2.75, 3.05) is 18.5 Å². The molecule has 1 atom stereocenters. The summed E-state index contributed by atoms with van der Waals surface area (Å²) in [4.78, 5) is 10.5. The van der Waals surface area contributed by atoms with Gasteiger partial charge in [-0.1, -0.05) is 12.1 Å². The highest BCUT2D eigenvalue weighted by Gasteiger charge is 2.20. The maximum atomic E-state index is 13.3. The molecule has 0 aromatic heterocycles. The number of hydrogen-bond acceptors (Lipinski definition) is 5. The van der Waals surface area contributed by atoms with E-state index in [-0.39, 0.29) is 16.6 Å². The lowest BCUT2D eigenvalue weighted by Gasteiger charge is -2.21. The highest BCUT2D eigenvalue weighted by atomic mass is 32.2. The standard InChI is InChI=1S/C18H19FN2O4S/c19-14-4-5-17(18(11-14)21(22)23)20-15-3-1-2-13(10-15)12-26(24)16-6-8-25-9-7-16/h1-5,10-11,16,20H,6-9,12H2. The lowest BCUT2D eigenvalue weighted by atomic mass is 10.2. The number of ether oxygens (including phenoxy) is 1. The molecular weight excluding hydrogens is 359 g/mol. The van der Waals surface area contributed by atoms with Crippen LogP contribution in [0.3, 0.4) is 0 Å². The van der Waals surface area contributed by atoms with Gasteiger partial charge in [-0.2, -0.15) is 0 Å². The number of rotatable bonds is 6. The number of anilines is 2. The Hall–Kier alpha value is -2.32. The number of nitrogens with zero attached hydrogens (tertiary/aromatic N) is 1. The Morgan fingerprint density at radius 1 is 1.23 bits per heavy atom. The predicted octanol–water partition coefficient (Wildman–Crippen LogP) is 3.91. The molecule has 1 aliphatic rings. The number of nitro benzene ring substituents is 1. The average Bonchev–Trinajstić information content (AvgIpc) is 2.64. The van der Waals surface area contributed by atoms with E-state index in [0.717, 1.165) is 24.5 Å². The Kier molecular flexibility index (Phi) is 5.95. The quantitative estimate of drug-likeness (QED) is 0.609. The first-order chi connectivity index (χ1) is 12.5. The second-order valence-electron chi connectivity index (χ2n) is 6.08. The van der Waals surface area contributed by atoms with Crippen LogP contribution in [0.2, 0.25) is 0 Å². The van der Waals surface area contributed by atoms with E-state index in [1.807, 2.05) is 12.1 Å². The summed E-state index contributed by atoms with van der Waals surface area (Å²) >= 11 is 0. The molecule has 2 aromatic carbocycles. The molecule has 1 heterocycles. The summed E-state index contributed by atoms with van der Waals surface area (Å²) < 4.78 is 31.1. The summed E-state index contributed by atoms with van der Waals surface area (Å²) in [7, 11) is -0.993. The third kappa shape index (κ3) is 4.64. The van der Waals surface area contributed by atoms with Crippen molar-refractivity contribution in [2.45, 2.75) is 23.8 Å². The molecule has 26 heavy (non-hydrogen) atoms. The van der Waals surface area contributed by atoms with E-state index < -0.39 is 21.5 Å². The van der Waals surface area contributed by atoms with Crippen molar-refractivity contribution in [3.8, 4) is 0 Å². The Balaban J connectivity index is 1.73. The van der Waals surface area contributed by atoms with Crippen LogP contribution in [0, 0.1) is 15.9 Å². The largest absolute Gasteiger partial charge is 0.381 e. The molecule has 3 rings (SSSR count). The minimum atomic E-state index is -0.993. The molecule has 0 bridgehead atoms. The van der Waals surface area contributed by atoms with Crippen molar-refractivity contribution in [3.05, 3.63) is 64.0 Å². The lowest BCUT2D eigenvalue weighted by molar-refractivity contribution is -0.384. The van der Waals surface area contributed by atoms with Crippen LogP contribution in [-0.2, 0) is 21.3 Å². The third-order valence-corrected chi connectivity index (χ3v) is 6.04. The van der Waals surface area contributed by atoms with Crippen molar-refractivity contribution in [2.24, 2.45) is 0 Å². The predicted molar refractivity (Wildman–Crippen MR) is 98.5 cm³/mol. The fourth-order valence-electron chi connectivity index (χ4n) is 2.88. The summed E-state index contributed by atoms with van der Waals surface area (Å²) in [6.45, 7) is 1.29. The number of nitrogens with one attached hydrogen (secondary N) is 1. The van der Waals surface area contributed by atoms with Gasteiger partial charge >= 0.3 is 0 Å². The minimum Gasteiger partial charge on any atom is -0.381 e. The van der Waals surface area contributed by atoms with E-state index in [1.165, 1.54) is 12.1 Å². The Labute approximate surface area is 153 Å². The lowest BCUT2D eigenvalue weighted by Crippen LogP contribution is -2.25. The Morgan fingerprint density at radius 2 is 2.00 bits per heavy atom. The monoisotopic (exact) mass is 378 g/mol. The first-order valence-corrected chi connectivity index (χ1v) is 9.66. The van der Waals surface area contributed by atoms with Crippen molar-refractivity contribution in [3.63, 3.8) is 0 Å². The molecule has 1 saturated heterocycles. The van der Waals surface area contributed by atoms with Crippen molar-refractivity contribution < 1.29 is 18.3 Å². The number of benzene rings is 2. The zero-order valence-electron chi connectivity index (χ0n) is 14.0. The average molecular weight is 378 g/mol. The molecule has 6 nitrogen and oxygen atoms in total. The van der Waals surface area contributed by atoms with Gasteiger partial charge in [0.15, 0.2) is 0 Å². The third-order valence-electron chi connectivity index (χ3n) is 4.21. The zero-order valence-corrected chi connectivity index (χ0v) is 14.8. The van der Waals surface area contributed by atoms with Gasteiger partial charge in [0.1, 0.15) is 11.5 Å². The van der Waals surface area contributed by atoms with E-state index in [2.05, 4.69) is 5.32 Å². The molecule has 1 unspecified atom stereocenters. The molecule has 0 saturated carbocycles. The topological polar surface area (TPSA) is 81.5 Å². The molecule has 0 amide bonds. The molecule has 0 aliphatic carbocycles. The van der Waals surface area contributed by atoms with Gasteiger partial charge < -0.3 is 10.1 Å². The number of nitro groups is 1. The van der Waals surface area contributed by atoms with Gasteiger partial charge in [0.2, 0.25) is 0 Å². The molecule has 1 aliphatic heterocycles. The first kappa shape index (κ1) is 18.5. The fraction of sp³-hybridized carbons (Fsp3) is 0.333. The van der Waals surface area contributed by atoms with E-state index >= 15 is 0 Å². The Morgan fingerprint density at radius 3 is 2.73 bits per heavy atom. The van der Waals surface area contributed by atoms with Crippen LogP contribution in [-0.4, -0.2) is 27.6 Å². The molecule has 0 radical (unpaired) electrons. The van der Waals surface area contributed by atoms with E-state index in [0.29, 0.717) is 24.7 Å². The maximum absolute atomic E-state index is 13.3. The van der Waals surface area contributed by atoms with Crippen LogP contribution in [0.25, 0.3) is 0 Å². The normalized spacial score (nSPS) is 16.2. The maximum Gasteiger partial charge on any atom is 0.295 e. The molecule has 0 spiro atoms. The van der Waals surface area contributed by atoms with Crippen LogP contribution in [0.15, 0.2) is 42.5 Å². The van der Waals surface area contributed by atoms with E-state index in [9.17, 15) is 18.7 Å². The van der Waals surface area contributed by atoms with Gasteiger partial charge in [-0.3, -0.25) is 14.3 Å². The minimum absolute atomic E-state index is 0.138. The van der Waals surface area contributed by atoms with E-state index in [1.54, 1.807) is 12.1 Å². The van der Waals surface area contributed by atoms with Gasteiger partial charge in [0, 0.05) is 40.7 Å². The van der Waals surface area contributed by atoms with Crippen LogP contribution >= 0.6 is 0 Å². The molecule has 1 N–H and O–H groups in total. The molecular formula is C18H19FN2O4S. The smallest absolute Gasteiger partial charge is 0.295 e. The highest BCUT2D eigenvalue weighted by Crippen LogP contribution is 2.29. The summed E-state index contributed by atoms with van der Waals surface area (Å²) in [6.07, 6.45) is 1.60. The number of halogens is 1. The zero-order chi connectivity index (χ0) is 18.5.